The topological polar surface area (TPSA) is 105 Å². The quantitative estimate of drug-likeness (QED) is 0.803. The van der Waals surface area contributed by atoms with E-state index in [-0.39, 0.29) is 22.7 Å². The zero-order valence-corrected chi connectivity index (χ0v) is 11.6. The number of anilines is 2. The summed E-state index contributed by atoms with van der Waals surface area (Å²) in [6.07, 6.45) is 1.45. The van der Waals surface area contributed by atoms with E-state index in [1.54, 1.807) is 18.2 Å². The largest absolute Gasteiger partial charge is 0.478 e. The molecule has 1 aromatic carbocycles. The standard InChI is InChI=1S/C14H12ClN3O3/c15-10-2-1-3-11(13(10)14(20)21)18-12(19)6-9-5-4-8(16)7-17-9/h1-5,7H,6,16H2,(H,18,19)(H,20,21). The van der Waals surface area contributed by atoms with Crippen LogP contribution in [0.1, 0.15) is 16.1 Å². The van der Waals surface area contributed by atoms with Crippen LogP contribution in [0, 0.1) is 0 Å². The Labute approximate surface area is 125 Å². The second-order valence-electron chi connectivity index (χ2n) is 4.28. The molecule has 0 aliphatic rings. The fraction of sp³-hybridized carbons (Fsp3) is 0.0714. The predicted octanol–water partition coefficient (Wildman–Crippen LogP) is 2.20. The van der Waals surface area contributed by atoms with Crippen LogP contribution in [-0.4, -0.2) is 22.0 Å². The third-order valence-corrected chi connectivity index (χ3v) is 3.01. The number of aromatic carboxylic acids is 1. The van der Waals surface area contributed by atoms with E-state index in [4.69, 9.17) is 22.4 Å². The van der Waals surface area contributed by atoms with Crippen LogP contribution in [-0.2, 0) is 11.2 Å². The summed E-state index contributed by atoms with van der Waals surface area (Å²) in [5, 5.41) is 11.7. The summed E-state index contributed by atoms with van der Waals surface area (Å²) in [5.41, 5.74) is 6.55. The maximum Gasteiger partial charge on any atom is 0.339 e. The van der Waals surface area contributed by atoms with Gasteiger partial charge in [0.25, 0.3) is 0 Å². The molecule has 0 fully saturated rings. The number of pyridine rings is 1. The molecule has 7 heteroatoms. The van der Waals surface area contributed by atoms with Gasteiger partial charge in [0, 0.05) is 5.69 Å². The highest BCUT2D eigenvalue weighted by atomic mass is 35.5. The number of nitrogen functional groups attached to an aromatic ring is 1. The summed E-state index contributed by atoms with van der Waals surface area (Å²) >= 11 is 5.83. The molecule has 0 aliphatic heterocycles. The first-order chi connectivity index (χ1) is 9.97. The normalized spacial score (nSPS) is 10.1. The number of aromatic nitrogens is 1. The SMILES string of the molecule is Nc1ccc(CC(=O)Nc2cccc(Cl)c2C(=O)O)nc1. The summed E-state index contributed by atoms with van der Waals surface area (Å²) < 4.78 is 0. The Morgan fingerprint density at radius 3 is 2.67 bits per heavy atom. The molecule has 2 rings (SSSR count). The number of hydrogen-bond acceptors (Lipinski definition) is 4. The summed E-state index contributed by atoms with van der Waals surface area (Å²) in [7, 11) is 0. The number of rotatable bonds is 4. The average molecular weight is 306 g/mol. The van der Waals surface area contributed by atoms with E-state index in [1.165, 1.54) is 18.3 Å². The van der Waals surface area contributed by atoms with Crippen molar-refractivity contribution in [1.82, 2.24) is 4.98 Å². The van der Waals surface area contributed by atoms with Crippen molar-refractivity contribution in [2.24, 2.45) is 0 Å². The number of nitrogens with two attached hydrogens (primary N) is 1. The van der Waals surface area contributed by atoms with Gasteiger partial charge in [-0.3, -0.25) is 9.78 Å². The number of nitrogens with one attached hydrogen (secondary N) is 1. The lowest BCUT2D eigenvalue weighted by Crippen LogP contribution is -2.17. The highest BCUT2D eigenvalue weighted by molar-refractivity contribution is 6.34. The fourth-order valence-electron chi connectivity index (χ4n) is 1.75. The third-order valence-electron chi connectivity index (χ3n) is 2.69. The molecule has 0 saturated carbocycles. The molecule has 0 radical (unpaired) electrons. The highest BCUT2D eigenvalue weighted by Gasteiger charge is 2.16. The first-order valence-electron chi connectivity index (χ1n) is 5.99. The average Bonchev–Trinajstić information content (AvgIpc) is 2.41. The van der Waals surface area contributed by atoms with Gasteiger partial charge in [-0.15, -0.1) is 0 Å². The maximum atomic E-state index is 11.9. The van der Waals surface area contributed by atoms with Crippen molar-refractivity contribution in [3.63, 3.8) is 0 Å². The van der Waals surface area contributed by atoms with Gasteiger partial charge >= 0.3 is 5.97 Å². The molecule has 6 nitrogen and oxygen atoms in total. The lowest BCUT2D eigenvalue weighted by atomic mass is 10.1. The number of hydrogen-bond donors (Lipinski definition) is 3. The molecule has 0 unspecified atom stereocenters. The molecular formula is C14H12ClN3O3. The monoisotopic (exact) mass is 305 g/mol. The van der Waals surface area contributed by atoms with E-state index in [0.717, 1.165) is 0 Å². The number of carboxylic acids is 1. The van der Waals surface area contributed by atoms with Gasteiger partial charge in [0.15, 0.2) is 0 Å². The van der Waals surface area contributed by atoms with E-state index in [1.807, 2.05) is 0 Å². The second-order valence-corrected chi connectivity index (χ2v) is 4.68. The van der Waals surface area contributed by atoms with Crippen molar-refractivity contribution in [1.29, 1.82) is 0 Å². The molecule has 0 bridgehead atoms. The fourth-order valence-corrected chi connectivity index (χ4v) is 2.00. The molecule has 1 amide bonds. The van der Waals surface area contributed by atoms with Gasteiger partial charge in [0.05, 0.1) is 29.0 Å². The molecule has 108 valence electrons. The summed E-state index contributed by atoms with van der Waals surface area (Å²) in [4.78, 5) is 27.1. The van der Waals surface area contributed by atoms with Crippen LogP contribution in [0.2, 0.25) is 5.02 Å². The van der Waals surface area contributed by atoms with Crippen molar-refractivity contribution < 1.29 is 14.7 Å². The van der Waals surface area contributed by atoms with Crippen LogP contribution < -0.4 is 11.1 Å². The maximum absolute atomic E-state index is 11.9. The summed E-state index contributed by atoms with van der Waals surface area (Å²) in [6, 6.07) is 7.75. The Balaban J connectivity index is 2.15. The van der Waals surface area contributed by atoms with Gasteiger partial charge in [-0.1, -0.05) is 17.7 Å². The van der Waals surface area contributed by atoms with Crippen LogP contribution in [0.15, 0.2) is 36.5 Å². The van der Waals surface area contributed by atoms with Crippen LogP contribution in [0.25, 0.3) is 0 Å². The smallest absolute Gasteiger partial charge is 0.339 e. The van der Waals surface area contributed by atoms with Gasteiger partial charge in [-0.25, -0.2) is 4.79 Å². The van der Waals surface area contributed by atoms with E-state index < -0.39 is 11.9 Å². The minimum Gasteiger partial charge on any atom is -0.478 e. The minimum absolute atomic E-state index is 0.00581. The van der Waals surface area contributed by atoms with Crippen LogP contribution in [0.4, 0.5) is 11.4 Å². The lowest BCUT2D eigenvalue weighted by Gasteiger charge is -2.09. The first kappa shape index (κ1) is 14.8. The molecule has 1 heterocycles. The predicted molar refractivity (Wildman–Crippen MR) is 79.4 cm³/mol. The second kappa shape index (κ2) is 6.23. The number of carbonyl (C=O) groups excluding carboxylic acids is 1. The molecule has 0 aliphatic carbocycles. The van der Waals surface area contributed by atoms with Crippen molar-refractivity contribution in [3.8, 4) is 0 Å². The molecular weight excluding hydrogens is 294 g/mol. The molecule has 0 atom stereocenters. The Morgan fingerprint density at radius 1 is 1.29 bits per heavy atom. The van der Waals surface area contributed by atoms with Gasteiger partial charge in [0.1, 0.15) is 5.56 Å². The van der Waals surface area contributed by atoms with Crippen LogP contribution in [0.3, 0.4) is 0 Å². The summed E-state index contributed by atoms with van der Waals surface area (Å²) in [6.45, 7) is 0. The van der Waals surface area contributed by atoms with Crippen molar-refractivity contribution in [2.45, 2.75) is 6.42 Å². The zero-order valence-electron chi connectivity index (χ0n) is 10.8. The molecule has 0 spiro atoms. The number of nitrogens with zero attached hydrogens (tertiary/aromatic N) is 1. The number of benzene rings is 1. The molecule has 1 aromatic heterocycles. The number of halogens is 1. The lowest BCUT2D eigenvalue weighted by molar-refractivity contribution is -0.115. The zero-order chi connectivity index (χ0) is 15.4. The highest BCUT2D eigenvalue weighted by Crippen LogP contribution is 2.24. The number of carbonyl (C=O) groups is 2. The van der Waals surface area contributed by atoms with E-state index in [0.29, 0.717) is 11.4 Å². The molecule has 21 heavy (non-hydrogen) atoms. The Morgan fingerprint density at radius 2 is 2.05 bits per heavy atom. The van der Waals surface area contributed by atoms with E-state index in [9.17, 15) is 9.59 Å². The molecule has 2 aromatic rings. The molecule has 0 saturated heterocycles. The van der Waals surface area contributed by atoms with E-state index >= 15 is 0 Å². The van der Waals surface area contributed by atoms with Gasteiger partial charge in [-0.05, 0) is 24.3 Å². The van der Waals surface area contributed by atoms with Gasteiger partial charge < -0.3 is 16.2 Å². The number of amides is 1. The van der Waals surface area contributed by atoms with Crippen LogP contribution in [0.5, 0.6) is 0 Å². The van der Waals surface area contributed by atoms with Gasteiger partial charge in [-0.2, -0.15) is 0 Å². The Hall–Kier alpha value is -2.60. The number of carboxylic acid groups (broad SMARTS) is 1. The summed E-state index contributed by atoms with van der Waals surface area (Å²) in [5.74, 6) is -1.60. The third kappa shape index (κ3) is 3.70. The van der Waals surface area contributed by atoms with Gasteiger partial charge in [0.2, 0.25) is 5.91 Å². The van der Waals surface area contributed by atoms with E-state index in [2.05, 4.69) is 10.3 Å². The molecule has 4 N–H and O–H groups in total. The Bertz CT molecular complexity index is 686. The first-order valence-corrected chi connectivity index (χ1v) is 6.37. The van der Waals surface area contributed by atoms with Crippen molar-refractivity contribution in [3.05, 3.63) is 52.8 Å². The van der Waals surface area contributed by atoms with Crippen molar-refractivity contribution in [2.75, 3.05) is 11.1 Å². The van der Waals surface area contributed by atoms with Crippen LogP contribution >= 0.6 is 11.6 Å². The Kier molecular flexibility index (Phi) is 4.39. The van der Waals surface area contributed by atoms with Crippen molar-refractivity contribution >= 4 is 34.9 Å². The minimum atomic E-state index is -1.21.